The van der Waals surface area contributed by atoms with Crippen molar-refractivity contribution in [3.63, 3.8) is 0 Å². The third-order valence-electron chi connectivity index (χ3n) is 3.27. The SMILES string of the molecule is CC(C)C(C)c1cccc(-c2ncn(C)n2)c1. The van der Waals surface area contributed by atoms with E-state index in [4.69, 9.17) is 0 Å². The monoisotopic (exact) mass is 229 g/mol. The highest BCUT2D eigenvalue weighted by atomic mass is 15.3. The van der Waals surface area contributed by atoms with E-state index in [2.05, 4.69) is 55.1 Å². The molecule has 1 heterocycles. The second kappa shape index (κ2) is 4.70. The minimum Gasteiger partial charge on any atom is -0.255 e. The second-order valence-electron chi connectivity index (χ2n) is 4.90. The van der Waals surface area contributed by atoms with Gasteiger partial charge in [0.25, 0.3) is 0 Å². The van der Waals surface area contributed by atoms with E-state index in [-0.39, 0.29) is 0 Å². The molecule has 90 valence electrons. The van der Waals surface area contributed by atoms with Gasteiger partial charge >= 0.3 is 0 Å². The molecule has 0 aliphatic rings. The third-order valence-corrected chi connectivity index (χ3v) is 3.27. The van der Waals surface area contributed by atoms with Crippen LogP contribution in [0, 0.1) is 5.92 Å². The van der Waals surface area contributed by atoms with Crippen molar-refractivity contribution in [2.75, 3.05) is 0 Å². The molecule has 1 unspecified atom stereocenters. The van der Waals surface area contributed by atoms with Gasteiger partial charge in [0.2, 0.25) is 0 Å². The van der Waals surface area contributed by atoms with Crippen LogP contribution in [0.25, 0.3) is 11.4 Å². The number of benzene rings is 1. The van der Waals surface area contributed by atoms with Gasteiger partial charge in [0.05, 0.1) is 0 Å². The molecule has 1 atom stereocenters. The summed E-state index contributed by atoms with van der Waals surface area (Å²) in [7, 11) is 1.89. The van der Waals surface area contributed by atoms with Crippen molar-refractivity contribution in [3.05, 3.63) is 36.2 Å². The van der Waals surface area contributed by atoms with E-state index in [1.54, 1.807) is 11.0 Å². The largest absolute Gasteiger partial charge is 0.255 e. The van der Waals surface area contributed by atoms with Crippen molar-refractivity contribution in [1.29, 1.82) is 0 Å². The van der Waals surface area contributed by atoms with Crippen LogP contribution >= 0.6 is 0 Å². The van der Waals surface area contributed by atoms with Crippen LogP contribution < -0.4 is 0 Å². The van der Waals surface area contributed by atoms with Crippen molar-refractivity contribution in [3.8, 4) is 11.4 Å². The van der Waals surface area contributed by atoms with E-state index in [0.717, 1.165) is 11.4 Å². The fourth-order valence-electron chi connectivity index (χ4n) is 1.82. The number of aromatic nitrogens is 3. The Morgan fingerprint density at radius 3 is 2.53 bits per heavy atom. The first-order valence-corrected chi connectivity index (χ1v) is 6.04. The number of rotatable bonds is 3. The number of hydrogen-bond donors (Lipinski definition) is 0. The van der Waals surface area contributed by atoms with E-state index in [9.17, 15) is 0 Å². The highest BCUT2D eigenvalue weighted by Crippen LogP contribution is 2.26. The van der Waals surface area contributed by atoms with Crippen molar-refractivity contribution in [2.24, 2.45) is 13.0 Å². The maximum absolute atomic E-state index is 4.33. The molecule has 3 nitrogen and oxygen atoms in total. The molecular weight excluding hydrogens is 210 g/mol. The average molecular weight is 229 g/mol. The number of hydrogen-bond acceptors (Lipinski definition) is 2. The molecule has 0 bridgehead atoms. The molecule has 0 N–H and O–H groups in total. The van der Waals surface area contributed by atoms with Crippen LogP contribution in [0.5, 0.6) is 0 Å². The Morgan fingerprint density at radius 2 is 1.94 bits per heavy atom. The lowest BCUT2D eigenvalue weighted by Crippen LogP contribution is -2.02. The Kier molecular flexibility index (Phi) is 3.27. The van der Waals surface area contributed by atoms with Crippen LogP contribution in [0.4, 0.5) is 0 Å². The van der Waals surface area contributed by atoms with Gasteiger partial charge in [-0.3, -0.25) is 4.68 Å². The van der Waals surface area contributed by atoms with Gasteiger partial charge in [0.1, 0.15) is 6.33 Å². The number of nitrogens with zero attached hydrogens (tertiary/aromatic N) is 3. The van der Waals surface area contributed by atoms with Crippen LogP contribution in [-0.2, 0) is 7.05 Å². The molecule has 0 aliphatic carbocycles. The van der Waals surface area contributed by atoms with Crippen LogP contribution in [0.1, 0.15) is 32.3 Å². The first kappa shape index (κ1) is 11.8. The van der Waals surface area contributed by atoms with E-state index in [1.165, 1.54) is 5.56 Å². The first-order valence-electron chi connectivity index (χ1n) is 6.04. The predicted molar refractivity (Wildman–Crippen MR) is 69.7 cm³/mol. The smallest absolute Gasteiger partial charge is 0.181 e. The summed E-state index contributed by atoms with van der Waals surface area (Å²) in [5.74, 6) is 1.99. The van der Waals surface area contributed by atoms with Gasteiger partial charge in [-0.05, 0) is 23.5 Å². The fraction of sp³-hybridized carbons (Fsp3) is 0.429. The van der Waals surface area contributed by atoms with Crippen LogP contribution in [0.15, 0.2) is 30.6 Å². The standard InChI is InChI=1S/C14H19N3/c1-10(2)11(3)12-6-5-7-13(8-12)14-15-9-17(4)16-14/h5-11H,1-4H3. The molecule has 0 spiro atoms. The molecule has 0 amide bonds. The van der Waals surface area contributed by atoms with E-state index in [1.807, 2.05) is 7.05 Å². The highest BCUT2D eigenvalue weighted by molar-refractivity contribution is 5.55. The summed E-state index contributed by atoms with van der Waals surface area (Å²) in [6.07, 6.45) is 1.73. The quantitative estimate of drug-likeness (QED) is 0.809. The van der Waals surface area contributed by atoms with Crippen LogP contribution in [0.3, 0.4) is 0 Å². The second-order valence-corrected chi connectivity index (χ2v) is 4.90. The zero-order valence-electron chi connectivity index (χ0n) is 10.9. The maximum atomic E-state index is 4.33. The van der Waals surface area contributed by atoms with Crippen LogP contribution in [0.2, 0.25) is 0 Å². The van der Waals surface area contributed by atoms with Crippen molar-refractivity contribution >= 4 is 0 Å². The Balaban J connectivity index is 2.35. The lowest BCUT2D eigenvalue weighted by Gasteiger charge is -2.16. The molecule has 1 aromatic heterocycles. The van der Waals surface area contributed by atoms with E-state index >= 15 is 0 Å². The molecule has 0 saturated carbocycles. The van der Waals surface area contributed by atoms with Gasteiger partial charge < -0.3 is 0 Å². The molecular formula is C14H19N3. The molecule has 3 heteroatoms. The molecule has 1 aromatic carbocycles. The van der Waals surface area contributed by atoms with Gasteiger partial charge in [-0.2, -0.15) is 5.10 Å². The Labute approximate surface area is 103 Å². The summed E-state index contributed by atoms with van der Waals surface area (Å²) in [4.78, 5) is 4.28. The summed E-state index contributed by atoms with van der Waals surface area (Å²) in [6.45, 7) is 6.75. The van der Waals surface area contributed by atoms with Gasteiger partial charge in [-0.25, -0.2) is 4.98 Å². The third kappa shape index (κ3) is 2.54. The molecule has 17 heavy (non-hydrogen) atoms. The van der Waals surface area contributed by atoms with Crippen molar-refractivity contribution in [2.45, 2.75) is 26.7 Å². The topological polar surface area (TPSA) is 30.7 Å². The summed E-state index contributed by atoms with van der Waals surface area (Å²) in [6, 6.07) is 8.52. The predicted octanol–water partition coefficient (Wildman–Crippen LogP) is 3.24. The Hall–Kier alpha value is -1.64. The zero-order valence-corrected chi connectivity index (χ0v) is 10.9. The first-order chi connectivity index (χ1) is 8.08. The molecule has 0 fully saturated rings. The molecule has 0 saturated heterocycles. The van der Waals surface area contributed by atoms with Crippen LogP contribution in [-0.4, -0.2) is 14.8 Å². The molecule has 2 rings (SSSR count). The van der Waals surface area contributed by atoms with E-state index < -0.39 is 0 Å². The van der Waals surface area contributed by atoms with Gasteiger partial charge in [0.15, 0.2) is 5.82 Å². The highest BCUT2D eigenvalue weighted by Gasteiger charge is 2.11. The summed E-state index contributed by atoms with van der Waals surface area (Å²) < 4.78 is 1.73. The average Bonchev–Trinajstić information content (AvgIpc) is 2.75. The van der Waals surface area contributed by atoms with Gasteiger partial charge in [0, 0.05) is 12.6 Å². The summed E-state index contributed by atoms with van der Waals surface area (Å²) in [5.41, 5.74) is 2.44. The lowest BCUT2D eigenvalue weighted by atomic mass is 9.89. The fourth-order valence-corrected chi connectivity index (χ4v) is 1.82. The van der Waals surface area contributed by atoms with Gasteiger partial charge in [-0.15, -0.1) is 0 Å². The number of aryl methyl sites for hydroxylation is 1. The maximum Gasteiger partial charge on any atom is 0.181 e. The Morgan fingerprint density at radius 1 is 1.18 bits per heavy atom. The Bertz CT molecular complexity index is 500. The normalized spacial score (nSPS) is 13.0. The van der Waals surface area contributed by atoms with Crippen molar-refractivity contribution < 1.29 is 0 Å². The lowest BCUT2D eigenvalue weighted by molar-refractivity contribution is 0.535. The van der Waals surface area contributed by atoms with Crippen molar-refractivity contribution in [1.82, 2.24) is 14.8 Å². The minimum atomic E-state index is 0.554. The van der Waals surface area contributed by atoms with E-state index in [0.29, 0.717) is 11.8 Å². The molecule has 0 aliphatic heterocycles. The van der Waals surface area contributed by atoms with Gasteiger partial charge in [-0.1, -0.05) is 39.0 Å². The summed E-state index contributed by atoms with van der Waals surface area (Å²) >= 11 is 0. The minimum absolute atomic E-state index is 0.554. The molecule has 0 radical (unpaired) electrons. The zero-order chi connectivity index (χ0) is 12.4. The molecule has 2 aromatic rings. The summed E-state index contributed by atoms with van der Waals surface area (Å²) in [5, 5.41) is 4.33.